The van der Waals surface area contributed by atoms with Crippen LogP contribution >= 0.6 is 12.4 Å². The minimum absolute atomic E-state index is 0. The van der Waals surface area contributed by atoms with Crippen LogP contribution < -0.4 is 10.6 Å². The van der Waals surface area contributed by atoms with Crippen molar-refractivity contribution in [3.05, 3.63) is 0 Å². The minimum atomic E-state index is 0. The molecule has 2 N–H and O–H groups in total. The van der Waals surface area contributed by atoms with Gasteiger partial charge in [-0.2, -0.15) is 0 Å². The molecule has 1 aliphatic heterocycles. The van der Waals surface area contributed by atoms with Crippen LogP contribution in [0.2, 0.25) is 0 Å². The molecule has 1 atom stereocenters. The fourth-order valence-electron chi connectivity index (χ4n) is 2.41. The third-order valence-electron chi connectivity index (χ3n) is 4.11. The van der Waals surface area contributed by atoms with E-state index in [0.29, 0.717) is 11.3 Å². The second-order valence-corrected chi connectivity index (χ2v) is 5.38. The highest BCUT2D eigenvalue weighted by Crippen LogP contribution is 2.51. The van der Waals surface area contributed by atoms with Gasteiger partial charge in [-0.3, -0.25) is 4.79 Å². The normalized spacial score (nSPS) is 26.3. The Hall–Kier alpha value is -0.280. The standard InChI is InChI=1S/C12H22N2O.ClH/c1-9(2)12(5-6-12)8-14-11(15)10-4-3-7-13-10;/h9-10,13H,3-8H2,1-2H3,(H,14,15);1H. The van der Waals surface area contributed by atoms with Crippen LogP contribution in [0.1, 0.15) is 39.5 Å². The summed E-state index contributed by atoms with van der Waals surface area (Å²) >= 11 is 0. The van der Waals surface area contributed by atoms with Gasteiger partial charge in [0, 0.05) is 6.54 Å². The SMILES string of the molecule is CC(C)C1(CNC(=O)C2CCCN2)CC1.Cl. The largest absolute Gasteiger partial charge is 0.354 e. The van der Waals surface area contributed by atoms with Gasteiger partial charge in [-0.15, -0.1) is 12.4 Å². The Morgan fingerprint density at radius 3 is 2.62 bits per heavy atom. The first-order valence-corrected chi connectivity index (χ1v) is 6.15. The summed E-state index contributed by atoms with van der Waals surface area (Å²) in [6.07, 6.45) is 4.69. The van der Waals surface area contributed by atoms with Crippen molar-refractivity contribution in [2.75, 3.05) is 13.1 Å². The van der Waals surface area contributed by atoms with Crippen LogP contribution in [0.4, 0.5) is 0 Å². The minimum Gasteiger partial charge on any atom is -0.354 e. The van der Waals surface area contributed by atoms with Gasteiger partial charge in [-0.25, -0.2) is 0 Å². The van der Waals surface area contributed by atoms with E-state index in [1.165, 1.54) is 12.8 Å². The number of carbonyl (C=O) groups is 1. The van der Waals surface area contributed by atoms with Gasteiger partial charge in [0.25, 0.3) is 0 Å². The molecule has 3 nitrogen and oxygen atoms in total. The molecule has 1 amide bonds. The monoisotopic (exact) mass is 246 g/mol. The molecular formula is C12H23ClN2O. The molecule has 16 heavy (non-hydrogen) atoms. The second kappa shape index (κ2) is 5.37. The maximum absolute atomic E-state index is 11.8. The zero-order valence-electron chi connectivity index (χ0n) is 10.2. The quantitative estimate of drug-likeness (QED) is 0.793. The Bertz CT molecular complexity index is 245. The van der Waals surface area contributed by atoms with Gasteiger partial charge >= 0.3 is 0 Å². The van der Waals surface area contributed by atoms with Crippen LogP contribution in [0.15, 0.2) is 0 Å². The number of halogens is 1. The summed E-state index contributed by atoms with van der Waals surface area (Å²) in [7, 11) is 0. The molecule has 94 valence electrons. The molecule has 2 aliphatic rings. The Kier molecular flexibility index (Phi) is 4.62. The molecule has 0 radical (unpaired) electrons. The van der Waals surface area contributed by atoms with Crippen molar-refractivity contribution in [2.45, 2.75) is 45.6 Å². The van der Waals surface area contributed by atoms with Gasteiger partial charge in [0.05, 0.1) is 6.04 Å². The Labute approximate surface area is 104 Å². The van der Waals surface area contributed by atoms with E-state index in [1.54, 1.807) is 0 Å². The maximum atomic E-state index is 11.8. The molecule has 1 heterocycles. The molecule has 2 rings (SSSR count). The average Bonchev–Trinajstić information content (AvgIpc) is 2.80. The molecule has 0 spiro atoms. The van der Waals surface area contributed by atoms with Crippen molar-refractivity contribution >= 4 is 18.3 Å². The highest BCUT2D eigenvalue weighted by molar-refractivity contribution is 5.85. The first kappa shape index (κ1) is 13.8. The van der Waals surface area contributed by atoms with E-state index in [9.17, 15) is 4.79 Å². The van der Waals surface area contributed by atoms with E-state index in [1.807, 2.05) is 0 Å². The Balaban J connectivity index is 0.00000128. The highest BCUT2D eigenvalue weighted by atomic mass is 35.5. The van der Waals surface area contributed by atoms with Crippen molar-refractivity contribution < 1.29 is 4.79 Å². The topological polar surface area (TPSA) is 41.1 Å². The highest BCUT2D eigenvalue weighted by Gasteiger charge is 2.45. The number of hydrogen-bond donors (Lipinski definition) is 2. The van der Waals surface area contributed by atoms with Crippen LogP contribution in [-0.4, -0.2) is 25.0 Å². The summed E-state index contributed by atoms with van der Waals surface area (Å²) in [5, 5.41) is 6.34. The predicted octanol–water partition coefficient (Wildman–Crippen LogP) is 1.71. The van der Waals surface area contributed by atoms with Crippen LogP contribution in [0, 0.1) is 11.3 Å². The fraction of sp³-hybridized carbons (Fsp3) is 0.917. The van der Waals surface area contributed by atoms with Crippen LogP contribution in [0.3, 0.4) is 0 Å². The zero-order chi connectivity index (χ0) is 10.9. The van der Waals surface area contributed by atoms with E-state index in [2.05, 4.69) is 24.5 Å². The second-order valence-electron chi connectivity index (χ2n) is 5.38. The van der Waals surface area contributed by atoms with Gasteiger partial charge in [0.2, 0.25) is 5.91 Å². The molecule has 0 aromatic heterocycles. The lowest BCUT2D eigenvalue weighted by Gasteiger charge is -2.21. The number of amides is 1. The summed E-state index contributed by atoms with van der Waals surface area (Å²) in [5.41, 5.74) is 0.425. The first-order valence-electron chi connectivity index (χ1n) is 6.15. The van der Waals surface area contributed by atoms with Crippen LogP contribution in [-0.2, 0) is 4.79 Å². The molecule has 0 aromatic carbocycles. The number of rotatable bonds is 4. The molecule has 4 heteroatoms. The van der Waals surface area contributed by atoms with E-state index in [4.69, 9.17) is 0 Å². The van der Waals surface area contributed by atoms with Crippen molar-refractivity contribution in [1.82, 2.24) is 10.6 Å². The Morgan fingerprint density at radius 1 is 1.50 bits per heavy atom. The van der Waals surface area contributed by atoms with E-state index in [0.717, 1.165) is 25.9 Å². The average molecular weight is 247 g/mol. The van der Waals surface area contributed by atoms with E-state index in [-0.39, 0.29) is 24.4 Å². The molecule has 2 fully saturated rings. The van der Waals surface area contributed by atoms with Crippen molar-refractivity contribution in [1.29, 1.82) is 0 Å². The predicted molar refractivity (Wildman–Crippen MR) is 67.8 cm³/mol. The molecule has 1 aliphatic carbocycles. The third-order valence-corrected chi connectivity index (χ3v) is 4.11. The van der Waals surface area contributed by atoms with Crippen LogP contribution in [0.5, 0.6) is 0 Å². The summed E-state index contributed by atoms with van der Waals surface area (Å²) < 4.78 is 0. The lowest BCUT2D eigenvalue weighted by molar-refractivity contribution is -0.123. The van der Waals surface area contributed by atoms with Gasteiger partial charge in [0.15, 0.2) is 0 Å². The van der Waals surface area contributed by atoms with Gasteiger partial charge in [0.1, 0.15) is 0 Å². The summed E-state index contributed by atoms with van der Waals surface area (Å²) in [6, 6.07) is 0.0768. The van der Waals surface area contributed by atoms with Gasteiger partial charge < -0.3 is 10.6 Å². The number of hydrogen-bond acceptors (Lipinski definition) is 2. The lowest BCUT2D eigenvalue weighted by atomic mass is 9.92. The molecule has 0 bridgehead atoms. The molecule has 1 unspecified atom stereocenters. The summed E-state index contributed by atoms with van der Waals surface area (Å²) in [6.45, 7) is 6.38. The Morgan fingerprint density at radius 2 is 2.19 bits per heavy atom. The van der Waals surface area contributed by atoms with Crippen LogP contribution in [0.25, 0.3) is 0 Å². The maximum Gasteiger partial charge on any atom is 0.237 e. The molecule has 1 saturated heterocycles. The van der Waals surface area contributed by atoms with Gasteiger partial charge in [-0.05, 0) is 43.6 Å². The molecule has 0 aromatic rings. The van der Waals surface area contributed by atoms with Crippen molar-refractivity contribution in [3.8, 4) is 0 Å². The van der Waals surface area contributed by atoms with Crippen molar-refractivity contribution in [3.63, 3.8) is 0 Å². The third kappa shape index (κ3) is 2.89. The first-order chi connectivity index (χ1) is 7.14. The number of nitrogens with one attached hydrogen (secondary N) is 2. The molecular weight excluding hydrogens is 224 g/mol. The molecule has 1 saturated carbocycles. The smallest absolute Gasteiger partial charge is 0.237 e. The van der Waals surface area contributed by atoms with Gasteiger partial charge in [-0.1, -0.05) is 13.8 Å². The van der Waals surface area contributed by atoms with E-state index < -0.39 is 0 Å². The fourth-order valence-corrected chi connectivity index (χ4v) is 2.41. The van der Waals surface area contributed by atoms with E-state index >= 15 is 0 Å². The number of carbonyl (C=O) groups excluding carboxylic acids is 1. The van der Waals surface area contributed by atoms with Crippen molar-refractivity contribution in [2.24, 2.45) is 11.3 Å². The summed E-state index contributed by atoms with van der Waals surface area (Å²) in [4.78, 5) is 11.8. The summed E-state index contributed by atoms with van der Waals surface area (Å²) in [5.74, 6) is 0.897. The zero-order valence-corrected chi connectivity index (χ0v) is 11.0. The lowest BCUT2D eigenvalue weighted by Crippen LogP contribution is -2.43.